The van der Waals surface area contributed by atoms with Gasteiger partial charge in [0.05, 0.1) is 37.7 Å². The summed E-state index contributed by atoms with van der Waals surface area (Å²) in [5, 5.41) is 14.7. The van der Waals surface area contributed by atoms with Crippen molar-refractivity contribution in [3.8, 4) is 17.2 Å². The fourth-order valence-corrected chi connectivity index (χ4v) is 6.23. The van der Waals surface area contributed by atoms with E-state index in [-0.39, 0.29) is 22.4 Å². The highest BCUT2D eigenvalue weighted by Gasteiger charge is 2.43. The number of nitrogens with zero attached hydrogens (tertiary/aromatic N) is 2. The van der Waals surface area contributed by atoms with Gasteiger partial charge in [-0.2, -0.15) is 0 Å². The van der Waals surface area contributed by atoms with Crippen LogP contribution in [-0.2, 0) is 10.5 Å². The SMILES string of the molecule is COc1cc(OC)c(C2C3=C(CC(C)(C)CC3=O)Nc3nc(SCc4ccc([N+](=O)[O-])cc4)[nH]c(=O)c32)cc1OC. The Hall–Kier alpha value is -4.32. The summed E-state index contributed by atoms with van der Waals surface area (Å²) in [6, 6.07) is 9.65. The van der Waals surface area contributed by atoms with Gasteiger partial charge in [0.2, 0.25) is 0 Å². The molecule has 2 N–H and O–H groups in total. The van der Waals surface area contributed by atoms with Gasteiger partial charge in [-0.15, -0.1) is 0 Å². The molecule has 0 radical (unpaired) electrons. The number of carbonyl (C=O) groups is 1. The van der Waals surface area contributed by atoms with Crippen LogP contribution < -0.4 is 25.1 Å². The maximum absolute atomic E-state index is 13.7. The van der Waals surface area contributed by atoms with Crippen molar-refractivity contribution in [2.24, 2.45) is 5.41 Å². The number of Topliss-reactive ketones (excluding diaryl/α,β-unsaturated/α-hetero) is 1. The minimum atomic E-state index is -0.746. The quantitative estimate of drug-likeness (QED) is 0.158. The van der Waals surface area contributed by atoms with Gasteiger partial charge in [0.15, 0.2) is 22.4 Å². The Labute approximate surface area is 240 Å². The Morgan fingerprint density at radius 1 is 1.02 bits per heavy atom. The molecule has 1 atom stereocenters. The highest BCUT2D eigenvalue weighted by Crippen LogP contribution is 2.51. The van der Waals surface area contributed by atoms with Crippen LogP contribution in [0, 0.1) is 15.5 Å². The predicted octanol–water partition coefficient (Wildman–Crippen LogP) is 5.20. The van der Waals surface area contributed by atoms with Crippen molar-refractivity contribution < 1.29 is 23.9 Å². The molecule has 5 rings (SSSR count). The zero-order valence-corrected chi connectivity index (χ0v) is 24.1. The van der Waals surface area contributed by atoms with E-state index in [0.29, 0.717) is 63.5 Å². The van der Waals surface area contributed by atoms with Gasteiger partial charge in [-0.05, 0) is 23.5 Å². The van der Waals surface area contributed by atoms with Gasteiger partial charge in [0.25, 0.3) is 11.2 Å². The van der Waals surface area contributed by atoms with E-state index in [9.17, 15) is 19.7 Å². The molecule has 1 unspecified atom stereocenters. The van der Waals surface area contributed by atoms with E-state index in [2.05, 4.69) is 10.3 Å². The summed E-state index contributed by atoms with van der Waals surface area (Å²) in [5.74, 6) is 1.35. The molecule has 0 saturated carbocycles. The van der Waals surface area contributed by atoms with Gasteiger partial charge in [0, 0.05) is 47.2 Å². The van der Waals surface area contributed by atoms with Gasteiger partial charge in [-0.3, -0.25) is 19.7 Å². The fourth-order valence-electron chi connectivity index (χ4n) is 5.42. The van der Waals surface area contributed by atoms with E-state index >= 15 is 0 Å². The summed E-state index contributed by atoms with van der Waals surface area (Å²) >= 11 is 1.30. The van der Waals surface area contributed by atoms with Crippen LogP contribution in [0.15, 0.2) is 57.6 Å². The number of hydrogen-bond donors (Lipinski definition) is 2. The van der Waals surface area contributed by atoms with Crippen LogP contribution in [0.25, 0.3) is 0 Å². The summed E-state index contributed by atoms with van der Waals surface area (Å²) in [6.45, 7) is 4.07. The van der Waals surface area contributed by atoms with Crippen molar-refractivity contribution in [1.29, 1.82) is 0 Å². The zero-order valence-electron chi connectivity index (χ0n) is 23.3. The average molecular weight is 579 g/mol. The van der Waals surface area contributed by atoms with Crippen molar-refractivity contribution in [3.05, 3.63) is 84.8 Å². The third-order valence-corrected chi connectivity index (χ3v) is 8.21. The number of ketones is 1. The number of aromatic amines is 1. The van der Waals surface area contributed by atoms with E-state index in [1.165, 1.54) is 45.2 Å². The van der Waals surface area contributed by atoms with Crippen LogP contribution >= 0.6 is 11.8 Å². The van der Waals surface area contributed by atoms with E-state index in [1.54, 1.807) is 24.3 Å². The number of hydrogen-bond acceptors (Lipinski definition) is 10. The molecular formula is C29H30N4O7S. The van der Waals surface area contributed by atoms with Crippen molar-refractivity contribution >= 4 is 29.1 Å². The lowest BCUT2D eigenvalue weighted by Gasteiger charge is -2.39. The maximum atomic E-state index is 13.7. The Morgan fingerprint density at radius 3 is 2.32 bits per heavy atom. The van der Waals surface area contributed by atoms with Crippen LogP contribution in [0.4, 0.5) is 11.5 Å². The number of nitro benzene ring substituents is 1. The Kier molecular flexibility index (Phi) is 7.52. The number of nitrogens with one attached hydrogen (secondary N) is 2. The van der Waals surface area contributed by atoms with E-state index in [0.717, 1.165) is 11.3 Å². The molecule has 2 heterocycles. The first-order valence-electron chi connectivity index (χ1n) is 12.9. The predicted molar refractivity (Wildman–Crippen MR) is 154 cm³/mol. The molecule has 2 aromatic carbocycles. The molecule has 0 amide bonds. The second-order valence-corrected chi connectivity index (χ2v) is 11.6. The van der Waals surface area contributed by atoms with E-state index in [4.69, 9.17) is 19.2 Å². The summed E-state index contributed by atoms with van der Waals surface area (Å²) < 4.78 is 16.7. The molecule has 2 aliphatic rings. The summed E-state index contributed by atoms with van der Waals surface area (Å²) in [7, 11) is 4.56. The smallest absolute Gasteiger partial charge is 0.269 e. The second-order valence-electron chi connectivity index (χ2n) is 10.7. The summed E-state index contributed by atoms with van der Waals surface area (Å²) in [5.41, 5.74) is 2.32. The molecule has 1 aliphatic carbocycles. The van der Waals surface area contributed by atoms with Crippen molar-refractivity contribution in [1.82, 2.24) is 9.97 Å². The number of aromatic nitrogens is 2. The molecule has 214 valence electrons. The first-order chi connectivity index (χ1) is 19.5. The fraction of sp³-hybridized carbons (Fsp3) is 0.345. The number of non-ortho nitro benzene ring substituents is 1. The Balaban J connectivity index is 1.61. The van der Waals surface area contributed by atoms with Crippen LogP contribution in [0.3, 0.4) is 0 Å². The minimum Gasteiger partial charge on any atom is -0.496 e. The average Bonchev–Trinajstić information content (AvgIpc) is 2.93. The molecular weight excluding hydrogens is 548 g/mol. The number of rotatable bonds is 8. The highest BCUT2D eigenvalue weighted by molar-refractivity contribution is 7.98. The van der Waals surface area contributed by atoms with Gasteiger partial charge in [-0.1, -0.05) is 37.7 Å². The number of methoxy groups -OCH3 is 3. The number of carbonyl (C=O) groups excluding carboxylic acids is 1. The number of allylic oxidation sites excluding steroid dienone is 2. The second kappa shape index (κ2) is 10.9. The third kappa shape index (κ3) is 5.39. The number of benzene rings is 2. The standard InChI is InChI=1S/C29H30N4O7S/c1-29(2)12-18-24(19(34)13-29)23(17-10-21(39-4)22(40-5)11-20(17)38-3)25-26(30-18)31-28(32-27(25)35)41-14-15-6-8-16(9-7-15)33(36)37/h6-11,23H,12-14H2,1-5H3,(H2,30,31,32,35). The zero-order chi connectivity index (χ0) is 29.5. The van der Waals surface area contributed by atoms with Crippen molar-refractivity contribution in [3.63, 3.8) is 0 Å². The number of H-pyrrole nitrogens is 1. The van der Waals surface area contributed by atoms with Crippen LogP contribution in [0.5, 0.6) is 17.2 Å². The van der Waals surface area contributed by atoms with Crippen molar-refractivity contribution in [2.75, 3.05) is 26.6 Å². The van der Waals surface area contributed by atoms with Gasteiger partial charge in [0.1, 0.15) is 11.6 Å². The van der Waals surface area contributed by atoms with Gasteiger partial charge < -0.3 is 24.5 Å². The minimum absolute atomic E-state index is 0.00827. The first-order valence-corrected chi connectivity index (χ1v) is 13.9. The molecule has 41 heavy (non-hydrogen) atoms. The lowest BCUT2D eigenvalue weighted by Crippen LogP contribution is -2.37. The number of nitro groups is 1. The monoisotopic (exact) mass is 578 g/mol. The van der Waals surface area contributed by atoms with Crippen LogP contribution in [-0.4, -0.2) is 42.0 Å². The normalized spacial score (nSPS) is 17.3. The summed E-state index contributed by atoms with van der Waals surface area (Å²) in [4.78, 5) is 45.5. The molecule has 0 bridgehead atoms. The van der Waals surface area contributed by atoms with Gasteiger partial charge >= 0.3 is 0 Å². The molecule has 0 fully saturated rings. The van der Waals surface area contributed by atoms with E-state index in [1.807, 2.05) is 13.8 Å². The van der Waals surface area contributed by atoms with Gasteiger partial charge in [-0.25, -0.2) is 4.98 Å². The number of fused-ring (bicyclic) bond motifs is 1. The molecule has 12 heteroatoms. The van der Waals surface area contributed by atoms with Crippen LogP contribution in [0.1, 0.15) is 49.3 Å². The Bertz CT molecular complexity index is 1630. The first kappa shape index (κ1) is 28.2. The summed E-state index contributed by atoms with van der Waals surface area (Å²) in [6.07, 6.45) is 0.933. The van der Waals surface area contributed by atoms with E-state index < -0.39 is 10.8 Å². The lowest BCUT2D eigenvalue weighted by molar-refractivity contribution is -0.384. The molecule has 0 saturated heterocycles. The maximum Gasteiger partial charge on any atom is 0.269 e. The molecule has 11 nitrogen and oxygen atoms in total. The highest BCUT2D eigenvalue weighted by atomic mass is 32.2. The largest absolute Gasteiger partial charge is 0.496 e. The molecule has 1 aromatic heterocycles. The third-order valence-electron chi connectivity index (χ3n) is 7.27. The number of thioether (sulfide) groups is 1. The van der Waals surface area contributed by atoms with Crippen molar-refractivity contribution in [2.45, 2.75) is 43.5 Å². The lowest BCUT2D eigenvalue weighted by atomic mass is 9.69. The topological polar surface area (TPSA) is 146 Å². The molecule has 0 spiro atoms. The number of ether oxygens (including phenoxy) is 3. The molecule has 1 aliphatic heterocycles. The number of anilines is 1. The Morgan fingerprint density at radius 2 is 1.68 bits per heavy atom. The molecule has 3 aromatic rings. The van der Waals surface area contributed by atoms with Crippen LogP contribution in [0.2, 0.25) is 0 Å².